The van der Waals surface area contributed by atoms with Gasteiger partial charge in [0.1, 0.15) is 12.3 Å². The van der Waals surface area contributed by atoms with E-state index in [2.05, 4.69) is 10.3 Å². The van der Waals surface area contributed by atoms with Crippen molar-refractivity contribution in [2.24, 2.45) is 0 Å². The van der Waals surface area contributed by atoms with E-state index in [9.17, 15) is 14.7 Å². The lowest BCUT2D eigenvalue weighted by atomic mass is 10.1. The van der Waals surface area contributed by atoms with Gasteiger partial charge >= 0.3 is 5.97 Å². The summed E-state index contributed by atoms with van der Waals surface area (Å²) < 4.78 is 5.22. The third kappa shape index (κ3) is 4.68. The van der Waals surface area contributed by atoms with Crippen LogP contribution in [-0.2, 0) is 16.1 Å². The molecule has 3 aromatic rings. The number of hydrogen-bond donors (Lipinski definition) is 2. The van der Waals surface area contributed by atoms with Crippen LogP contribution in [0.2, 0.25) is 0 Å². The maximum absolute atomic E-state index is 12.5. The van der Waals surface area contributed by atoms with Gasteiger partial charge in [0.15, 0.2) is 6.04 Å². The molecule has 27 heavy (non-hydrogen) atoms. The van der Waals surface area contributed by atoms with E-state index >= 15 is 0 Å². The molecule has 0 aliphatic heterocycles. The van der Waals surface area contributed by atoms with Crippen LogP contribution >= 0.6 is 0 Å². The van der Waals surface area contributed by atoms with E-state index in [1.54, 1.807) is 12.3 Å². The van der Waals surface area contributed by atoms with Crippen LogP contribution in [0.3, 0.4) is 0 Å². The Kier molecular flexibility index (Phi) is 5.78. The Morgan fingerprint density at radius 2 is 1.74 bits per heavy atom. The second-order valence-corrected chi connectivity index (χ2v) is 6.20. The van der Waals surface area contributed by atoms with E-state index in [0.717, 1.165) is 16.3 Å². The Hall–Kier alpha value is -3.25. The molecule has 0 saturated heterocycles. The summed E-state index contributed by atoms with van der Waals surface area (Å²) in [5, 5.41) is 14.2. The first kappa shape index (κ1) is 18.5. The second kappa shape index (κ2) is 8.42. The fourth-order valence-electron chi connectivity index (χ4n) is 2.62. The summed E-state index contributed by atoms with van der Waals surface area (Å²) in [5.41, 5.74) is 0.980. The highest BCUT2D eigenvalue weighted by atomic mass is 16.5. The number of nitrogens with one attached hydrogen (secondary N) is 1. The molecule has 0 aliphatic carbocycles. The van der Waals surface area contributed by atoms with Crippen molar-refractivity contribution in [1.29, 1.82) is 0 Å². The lowest BCUT2D eigenvalue weighted by Gasteiger charge is -2.20. The molecule has 0 fully saturated rings. The van der Waals surface area contributed by atoms with Gasteiger partial charge in [-0.05, 0) is 23.9 Å². The minimum absolute atomic E-state index is 0.0625. The SMILES string of the molecule is C[C@@H](O)[C@H](NC(=O)c1cc2ccccc2cn1)C(=O)OCc1ccccc1. The first-order chi connectivity index (χ1) is 13.0. The van der Waals surface area contributed by atoms with Crippen LogP contribution in [0.1, 0.15) is 23.0 Å². The highest BCUT2D eigenvalue weighted by Crippen LogP contribution is 2.13. The summed E-state index contributed by atoms with van der Waals surface area (Å²) in [5.74, 6) is -1.26. The van der Waals surface area contributed by atoms with E-state index in [-0.39, 0.29) is 12.3 Å². The number of aliphatic hydroxyl groups is 1. The summed E-state index contributed by atoms with van der Waals surface area (Å²) in [7, 11) is 0. The third-order valence-electron chi connectivity index (χ3n) is 4.11. The lowest BCUT2D eigenvalue weighted by Crippen LogP contribution is -2.48. The quantitative estimate of drug-likeness (QED) is 0.656. The van der Waals surface area contributed by atoms with Crippen LogP contribution < -0.4 is 5.32 Å². The highest BCUT2D eigenvalue weighted by Gasteiger charge is 2.28. The number of aromatic nitrogens is 1. The van der Waals surface area contributed by atoms with E-state index in [4.69, 9.17) is 4.74 Å². The third-order valence-corrected chi connectivity index (χ3v) is 4.11. The van der Waals surface area contributed by atoms with Gasteiger partial charge in [-0.15, -0.1) is 0 Å². The molecule has 0 unspecified atom stereocenters. The van der Waals surface area contributed by atoms with Crippen molar-refractivity contribution in [2.75, 3.05) is 0 Å². The summed E-state index contributed by atoms with van der Waals surface area (Å²) in [6, 6.07) is 17.1. The number of ether oxygens (including phenoxy) is 1. The number of pyridine rings is 1. The van der Waals surface area contributed by atoms with Crippen LogP contribution in [0.25, 0.3) is 10.8 Å². The van der Waals surface area contributed by atoms with Gasteiger partial charge in [-0.25, -0.2) is 4.79 Å². The van der Waals surface area contributed by atoms with E-state index in [1.807, 2.05) is 54.6 Å². The Morgan fingerprint density at radius 3 is 2.44 bits per heavy atom. The first-order valence-corrected chi connectivity index (χ1v) is 8.59. The van der Waals surface area contributed by atoms with Crippen LogP contribution in [0.15, 0.2) is 66.9 Å². The van der Waals surface area contributed by atoms with Crippen molar-refractivity contribution in [3.8, 4) is 0 Å². The average Bonchev–Trinajstić information content (AvgIpc) is 2.70. The van der Waals surface area contributed by atoms with Gasteiger partial charge in [-0.3, -0.25) is 9.78 Å². The molecule has 0 radical (unpaired) electrons. The summed E-state index contributed by atoms with van der Waals surface area (Å²) in [4.78, 5) is 28.9. The predicted molar refractivity (Wildman–Crippen MR) is 101 cm³/mol. The zero-order valence-corrected chi connectivity index (χ0v) is 14.8. The van der Waals surface area contributed by atoms with Crippen molar-refractivity contribution < 1.29 is 19.4 Å². The lowest BCUT2D eigenvalue weighted by molar-refractivity contribution is -0.150. The predicted octanol–water partition coefficient (Wildman–Crippen LogP) is 2.46. The van der Waals surface area contributed by atoms with Crippen LogP contribution in [0, 0.1) is 0 Å². The average molecular weight is 364 g/mol. The maximum Gasteiger partial charge on any atom is 0.331 e. The fourth-order valence-corrected chi connectivity index (χ4v) is 2.62. The van der Waals surface area contributed by atoms with Crippen molar-refractivity contribution in [3.05, 3.63) is 78.1 Å². The Balaban J connectivity index is 1.68. The molecular weight excluding hydrogens is 344 g/mol. The summed E-state index contributed by atoms with van der Waals surface area (Å²) in [6.07, 6.45) is 0.479. The van der Waals surface area contributed by atoms with E-state index < -0.39 is 24.0 Å². The highest BCUT2D eigenvalue weighted by molar-refractivity contribution is 5.98. The number of nitrogens with zero attached hydrogens (tertiary/aromatic N) is 1. The molecule has 0 saturated carbocycles. The monoisotopic (exact) mass is 364 g/mol. The fraction of sp³-hybridized carbons (Fsp3) is 0.190. The van der Waals surface area contributed by atoms with Crippen molar-refractivity contribution in [1.82, 2.24) is 10.3 Å². The molecule has 138 valence electrons. The number of benzene rings is 2. The number of aliphatic hydroxyl groups excluding tert-OH is 1. The van der Waals surface area contributed by atoms with E-state index in [0.29, 0.717) is 0 Å². The van der Waals surface area contributed by atoms with E-state index in [1.165, 1.54) is 6.92 Å². The van der Waals surface area contributed by atoms with Gasteiger partial charge in [0, 0.05) is 11.6 Å². The molecule has 2 N–H and O–H groups in total. The zero-order valence-electron chi connectivity index (χ0n) is 14.8. The molecule has 0 aliphatic rings. The van der Waals surface area contributed by atoms with Gasteiger partial charge in [-0.2, -0.15) is 0 Å². The second-order valence-electron chi connectivity index (χ2n) is 6.20. The number of carbonyl (C=O) groups is 2. The number of amides is 1. The van der Waals surface area contributed by atoms with Gasteiger partial charge in [0.25, 0.3) is 5.91 Å². The molecular formula is C21H20N2O4. The topological polar surface area (TPSA) is 88.5 Å². The van der Waals surface area contributed by atoms with Crippen LogP contribution in [-0.4, -0.2) is 34.1 Å². The van der Waals surface area contributed by atoms with Gasteiger partial charge in [-0.1, -0.05) is 54.6 Å². The van der Waals surface area contributed by atoms with Gasteiger partial charge in [0.2, 0.25) is 0 Å². The normalized spacial score (nSPS) is 13.0. The Morgan fingerprint density at radius 1 is 1.07 bits per heavy atom. The number of fused-ring (bicyclic) bond motifs is 1. The first-order valence-electron chi connectivity index (χ1n) is 8.59. The maximum atomic E-state index is 12.5. The minimum Gasteiger partial charge on any atom is -0.459 e. The molecule has 1 heterocycles. The minimum atomic E-state index is -1.19. The van der Waals surface area contributed by atoms with Gasteiger partial charge in [0.05, 0.1) is 6.10 Å². The Labute approximate surface area is 156 Å². The van der Waals surface area contributed by atoms with Crippen molar-refractivity contribution in [3.63, 3.8) is 0 Å². The standard InChI is InChI=1S/C21H20N2O4/c1-14(24)19(21(26)27-13-15-7-3-2-4-8-15)23-20(25)18-11-16-9-5-6-10-17(16)12-22-18/h2-12,14,19,24H,13H2,1H3,(H,23,25)/t14-,19+/m1/s1. The van der Waals surface area contributed by atoms with Crippen molar-refractivity contribution in [2.45, 2.75) is 25.7 Å². The largest absolute Gasteiger partial charge is 0.459 e. The molecule has 2 aromatic carbocycles. The molecule has 6 heteroatoms. The zero-order chi connectivity index (χ0) is 19.2. The summed E-state index contributed by atoms with van der Waals surface area (Å²) in [6.45, 7) is 1.48. The summed E-state index contributed by atoms with van der Waals surface area (Å²) >= 11 is 0. The number of hydrogen-bond acceptors (Lipinski definition) is 5. The number of carbonyl (C=O) groups excluding carboxylic acids is 2. The van der Waals surface area contributed by atoms with Crippen molar-refractivity contribution >= 4 is 22.6 Å². The van der Waals surface area contributed by atoms with Crippen LogP contribution in [0.4, 0.5) is 0 Å². The van der Waals surface area contributed by atoms with Gasteiger partial charge < -0.3 is 15.2 Å². The molecule has 1 amide bonds. The molecule has 2 atom stereocenters. The molecule has 3 rings (SSSR count). The molecule has 0 spiro atoms. The molecule has 6 nitrogen and oxygen atoms in total. The Bertz CT molecular complexity index is 941. The number of rotatable bonds is 6. The smallest absolute Gasteiger partial charge is 0.331 e. The molecule has 0 bridgehead atoms. The number of esters is 1. The molecule has 1 aromatic heterocycles. The van der Waals surface area contributed by atoms with Crippen LogP contribution in [0.5, 0.6) is 0 Å².